The van der Waals surface area contributed by atoms with Crippen LogP contribution in [0.5, 0.6) is 0 Å². The van der Waals surface area contributed by atoms with Crippen molar-refractivity contribution in [2.24, 2.45) is 0 Å². The van der Waals surface area contributed by atoms with Crippen LogP contribution in [0.3, 0.4) is 0 Å². The molecule has 6 heteroatoms. The first-order chi connectivity index (χ1) is 10.5. The summed E-state index contributed by atoms with van der Waals surface area (Å²) in [7, 11) is -3.11. The summed E-state index contributed by atoms with van der Waals surface area (Å²) in [4.78, 5) is 4.74. The van der Waals surface area contributed by atoms with Crippen molar-refractivity contribution in [2.75, 3.05) is 24.7 Å². The number of nitrogens with one attached hydrogen (secondary N) is 1. The van der Waals surface area contributed by atoms with Crippen molar-refractivity contribution in [3.05, 3.63) is 23.9 Å². The van der Waals surface area contributed by atoms with E-state index < -0.39 is 10.0 Å². The summed E-state index contributed by atoms with van der Waals surface area (Å²) in [5.41, 5.74) is 1.01. The molecule has 2 heterocycles. The van der Waals surface area contributed by atoms with Crippen LogP contribution in [0.25, 0.3) is 0 Å². The summed E-state index contributed by atoms with van der Waals surface area (Å²) in [6, 6.07) is 6.61. The molecular formula is C16H25N3O2S. The second-order valence-corrected chi connectivity index (χ2v) is 8.52. The first-order valence-electron chi connectivity index (χ1n) is 8.21. The minimum absolute atomic E-state index is 0.203. The highest BCUT2D eigenvalue weighted by Gasteiger charge is 2.27. The van der Waals surface area contributed by atoms with E-state index >= 15 is 0 Å². The Morgan fingerprint density at radius 3 is 2.68 bits per heavy atom. The quantitative estimate of drug-likeness (QED) is 0.925. The first-order valence-corrected chi connectivity index (χ1v) is 10.1. The molecule has 0 radical (unpaired) electrons. The molecule has 5 nitrogen and oxygen atoms in total. The van der Waals surface area contributed by atoms with Gasteiger partial charge in [0.25, 0.3) is 0 Å². The fraction of sp³-hybridized carbons (Fsp3) is 0.688. The molecule has 1 aromatic rings. The van der Waals surface area contributed by atoms with Gasteiger partial charge in [-0.15, -0.1) is 0 Å². The van der Waals surface area contributed by atoms with Crippen molar-refractivity contribution in [1.82, 2.24) is 9.29 Å². The molecule has 0 aromatic carbocycles. The third kappa shape index (κ3) is 3.79. The number of pyridine rings is 1. The molecule has 0 spiro atoms. The summed E-state index contributed by atoms with van der Waals surface area (Å²) in [6.45, 7) is 1.19. The van der Waals surface area contributed by atoms with Gasteiger partial charge in [0.05, 0.1) is 6.26 Å². The highest BCUT2D eigenvalue weighted by atomic mass is 32.2. The Kier molecular flexibility index (Phi) is 4.68. The van der Waals surface area contributed by atoms with Gasteiger partial charge in [-0.2, -0.15) is 0 Å². The molecule has 1 atom stereocenters. The van der Waals surface area contributed by atoms with Gasteiger partial charge in [0.15, 0.2) is 0 Å². The van der Waals surface area contributed by atoms with Crippen molar-refractivity contribution >= 4 is 15.8 Å². The van der Waals surface area contributed by atoms with Gasteiger partial charge in [-0.05, 0) is 37.8 Å². The van der Waals surface area contributed by atoms with E-state index in [0.717, 1.165) is 24.4 Å². The molecule has 0 amide bonds. The van der Waals surface area contributed by atoms with Gasteiger partial charge in [0.2, 0.25) is 10.0 Å². The van der Waals surface area contributed by atoms with Gasteiger partial charge in [-0.25, -0.2) is 17.7 Å². The predicted octanol–water partition coefficient (Wildman–Crippen LogP) is 2.58. The lowest BCUT2D eigenvalue weighted by Crippen LogP contribution is -2.38. The van der Waals surface area contributed by atoms with E-state index in [-0.39, 0.29) is 5.92 Å². The number of sulfonamides is 1. The zero-order valence-corrected chi connectivity index (χ0v) is 14.0. The Morgan fingerprint density at radius 1 is 1.18 bits per heavy atom. The average Bonchev–Trinajstić information content (AvgIpc) is 3.00. The highest BCUT2D eigenvalue weighted by Crippen LogP contribution is 2.28. The molecule has 0 bridgehead atoms. The number of hydrogen-bond acceptors (Lipinski definition) is 4. The maximum atomic E-state index is 11.8. The minimum Gasteiger partial charge on any atom is -0.367 e. The summed E-state index contributed by atoms with van der Waals surface area (Å²) in [6.07, 6.45) is 8.23. The molecule has 1 aromatic heterocycles. The lowest BCUT2D eigenvalue weighted by atomic mass is 9.95. The van der Waals surface area contributed by atoms with Crippen molar-refractivity contribution in [2.45, 2.75) is 50.5 Å². The zero-order valence-electron chi connectivity index (χ0n) is 13.2. The maximum absolute atomic E-state index is 11.8. The van der Waals surface area contributed by atoms with Crippen LogP contribution >= 0.6 is 0 Å². The molecule has 122 valence electrons. The summed E-state index contributed by atoms with van der Waals surface area (Å²) in [5, 5.41) is 3.52. The Hall–Kier alpha value is -1.14. The molecule has 1 aliphatic carbocycles. The average molecular weight is 323 g/mol. The van der Waals surface area contributed by atoms with E-state index in [1.165, 1.54) is 31.9 Å². The standard InChI is InChI=1S/C16H25N3O2S/c1-22(20,21)19-11-5-6-13(12-19)15-9-4-10-16(18-15)17-14-7-2-3-8-14/h4,9-10,13-14H,2-3,5-8,11-12H2,1H3,(H,17,18)/t13-/m0/s1. The molecule has 0 unspecified atom stereocenters. The van der Waals surface area contributed by atoms with Crippen molar-refractivity contribution in [3.63, 3.8) is 0 Å². The highest BCUT2D eigenvalue weighted by molar-refractivity contribution is 7.88. The monoisotopic (exact) mass is 323 g/mol. The number of hydrogen-bond donors (Lipinski definition) is 1. The van der Waals surface area contributed by atoms with Crippen LogP contribution < -0.4 is 5.32 Å². The molecule has 1 N–H and O–H groups in total. The Balaban J connectivity index is 1.71. The van der Waals surface area contributed by atoms with Crippen LogP contribution in [0.1, 0.15) is 50.1 Å². The number of anilines is 1. The van der Waals surface area contributed by atoms with Crippen LogP contribution in [0.4, 0.5) is 5.82 Å². The topological polar surface area (TPSA) is 62.3 Å². The largest absolute Gasteiger partial charge is 0.367 e. The molecular weight excluding hydrogens is 298 g/mol. The summed E-state index contributed by atoms with van der Waals surface area (Å²) < 4.78 is 25.1. The normalized spacial score (nSPS) is 24.5. The smallest absolute Gasteiger partial charge is 0.211 e. The van der Waals surface area contributed by atoms with Gasteiger partial charge >= 0.3 is 0 Å². The van der Waals surface area contributed by atoms with E-state index in [1.807, 2.05) is 18.2 Å². The molecule has 1 aliphatic heterocycles. The van der Waals surface area contributed by atoms with E-state index in [9.17, 15) is 8.42 Å². The Bertz CT molecular complexity index is 612. The third-order valence-electron chi connectivity index (χ3n) is 4.75. The van der Waals surface area contributed by atoms with Gasteiger partial charge < -0.3 is 5.32 Å². The predicted molar refractivity (Wildman–Crippen MR) is 88.5 cm³/mol. The van der Waals surface area contributed by atoms with Crippen LogP contribution in [-0.2, 0) is 10.0 Å². The number of rotatable bonds is 4. The van der Waals surface area contributed by atoms with Gasteiger partial charge in [-0.3, -0.25) is 0 Å². The van der Waals surface area contributed by atoms with Crippen molar-refractivity contribution in [1.29, 1.82) is 0 Å². The van der Waals surface area contributed by atoms with Crippen molar-refractivity contribution in [3.8, 4) is 0 Å². The lowest BCUT2D eigenvalue weighted by molar-refractivity contribution is 0.314. The van der Waals surface area contributed by atoms with Crippen molar-refractivity contribution < 1.29 is 8.42 Å². The van der Waals surface area contributed by atoms with E-state index in [4.69, 9.17) is 4.98 Å². The fourth-order valence-electron chi connectivity index (χ4n) is 3.52. The van der Waals surface area contributed by atoms with Crippen LogP contribution in [-0.4, -0.2) is 43.1 Å². The van der Waals surface area contributed by atoms with Crippen LogP contribution in [0, 0.1) is 0 Å². The van der Waals surface area contributed by atoms with Crippen LogP contribution in [0.15, 0.2) is 18.2 Å². The van der Waals surface area contributed by atoms with Gasteiger partial charge in [-0.1, -0.05) is 18.9 Å². The number of piperidine rings is 1. The number of aromatic nitrogens is 1. The first kappa shape index (κ1) is 15.7. The van der Waals surface area contributed by atoms with E-state index in [1.54, 1.807) is 4.31 Å². The second kappa shape index (κ2) is 6.54. The second-order valence-electron chi connectivity index (χ2n) is 6.53. The Labute approximate surface area is 133 Å². The molecule has 1 saturated carbocycles. The minimum atomic E-state index is -3.11. The third-order valence-corrected chi connectivity index (χ3v) is 6.02. The molecule has 2 fully saturated rings. The van der Waals surface area contributed by atoms with E-state index in [2.05, 4.69) is 5.32 Å². The summed E-state index contributed by atoms with van der Waals surface area (Å²) >= 11 is 0. The van der Waals surface area contributed by atoms with Gasteiger partial charge in [0.1, 0.15) is 5.82 Å². The Morgan fingerprint density at radius 2 is 1.95 bits per heavy atom. The van der Waals surface area contributed by atoms with E-state index in [0.29, 0.717) is 19.1 Å². The molecule has 22 heavy (non-hydrogen) atoms. The number of nitrogens with zero attached hydrogens (tertiary/aromatic N) is 2. The maximum Gasteiger partial charge on any atom is 0.211 e. The fourth-order valence-corrected chi connectivity index (χ4v) is 4.44. The zero-order chi connectivity index (χ0) is 15.6. The SMILES string of the molecule is CS(=O)(=O)N1CCC[C@H](c2cccc(NC3CCCC3)n2)C1. The molecule has 1 saturated heterocycles. The lowest BCUT2D eigenvalue weighted by Gasteiger charge is -2.30. The summed E-state index contributed by atoms with van der Waals surface area (Å²) in [5.74, 6) is 1.13. The van der Waals surface area contributed by atoms with Crippen LogP contribution in [0.2, 0.25) is 0 Å². The molecule has 2 aliphatic rings. The van der Waals surface area contributed by atoms with Gasteiger partial charge in [0, 0.05) is 30.7 Å². The molecule has 3 rings (SSSR count).